The number of carboxylic acid groups (broad SMARTS) is 1. The Morgan fingerprint density at radius 1 is 1.26 bits per heavy atom. The van der Waals surface area contributed by atoms with Crippen LogP contribution < -0.4 is 9.47 Å². The van der Waals surface area contributed by atoms with Gasteiger partial charge in [0, 0.05) is 23.6 Å². The van der Waals surface area contributed by atoms with Crippen LogP contribution in [0.5, 0.6) is 11.5 Å². The second-order valence-corrected chi connectivity index (χ2v) is 6.28. The Morgan fingerprint density at radius 3 is 2.70 bits per heavy atom. The molecule has 0 unspecified atom stereocenters. The van der Waals surface area contributed by atoms with Gasteiger partial charge >= 0.3 is 5.97 Å². The molecule has 6 nitrogen and oxygen atoms in total. The molecular formula is C16H21NO5S. The predicted octanol–water partition coefficient (Wildman–Crippen LogP) is 2.26. The average Bonchev–Trinajstić information content (AvgIpc) is 2.54. The van der Waals surface area contributed by atoms with Crippen molar-refractivity contribution in [1.82, 2.24) is 4.90 Å². The Balaban J connectivity index is 1.83. The zero-order chi connectivity index (χ0) is 16.7. The van der Waals surface area contributed by atoms with Crippen LogP contribution in [0, 0.1) is 0 Å². The monoisotopic (exact) mass is 339 g/mol. The summed E-state index contributed by atoms with van der Waals surface area (Å²) in [5.41, 5.74) is 0. The van der Waals surface area contributed by atoms with Gasteiger partial charge in [0.15, 0.2) is 11.5 Å². The molecule has 1 aliphatic rings. The number of ether oxygens (including phenoxy) is 2. The third kappa shape index (κ3) is 5.35. The highest BCUT2D eigenvalue weighted by Crippen LogP contribution is 2.34. The zero-order valence-corrected chi connectivity index (χ0v) is 13.9. The van der Waals surface area contributed by atoms with Crippen molar-refractivity contribution in [3.8, 4) is 11.5 Å². The number of benzene rings is 1. The van der Waals surface area contributed by atoms with Crippen LogP contribution in [0.25, 0.3) is 0 Å². The minimum atomic E-state index is -0.980. The highest BCUT2D eigenvalue weighted by molar-refractivity contribution is 7.99. The third-order valence-electron chi connectivity index (χ3n) is 3.27. The van der Waals surface area contributed by atoms with E-state index in [9.17, 15) is 9.59 Å². The SMILES string of the molecule is CCCN(CC(=O)O)C(=O)CCSc1ccc2c(c1)OCCO2. The summed E-state index contributed by atoms with van der Waals surface area (Å²) in [6.45, 7) is 3.26. The fraction of sp³-hybridized carbons (Fsp3) is 0.500. The molecule has 126 valence electrons. The zero-order valence-electron chi connectivity index (χ0n) is 13.1. The van der Waals surface area contributed by atoms with Gasteiger partial charge in [0.2, 0.25) is 5.91 Å². The van der Waals surface area contributed by atoms with Crippen molar-refractivity contribution in [2.45, 2.75) is 24.7 Å². The van der Waals surface area contributed by atoms with Crippen LogP contribution in [0.4, 0.5) is 0 Å². The molecule has 23 heavy (non-hydrogen) atoms. The summed E-state index contributed by atoms with van der Waals surface area (Å²) < 4.78 is 11.0. The molecule has 0 atom stereocenters. The van der Waals surface area contributed by atoms with Gasteiger partial charge in [-0.05, 0) is 24.6 Å². The van der Waals surface area contributed by atoms with Gasteiger partial charge in [-0.2, -0.15) is 0 Å². The number of carbonyl (C=O) groups excluding carboxylic acids is 1. The minimum absolute atomic E-state index is 0.126. The molecule has 2 rings (SSSR count). The first kappa shape index (κ1) is 17.5. The Labute approximate surface area is 139 Å². The highest BCUT2D eigenvalue weighted by Gasteiger charge is 2.16. The molecule has 0 saturated carbocycles. The second-order valence-electron chi connectivity index (χ2n) is 5.11. The van der Waals surface area contributed by atoms with E-state index in [-0.39, 0.29) is 12.5 Å². The van der Waals surface area contributed by atoms with Crippen LogP contribution >= 0.6 is 11.8 Å². The number of hydrogen-bond donors (Lipinski definition) is 1. The number of hydrogen-bond acceptors (Lipinski definition) is 5. The highest BCUT2D eigenvalue weighted by atomic mass is 32.2. The molecule has 1 aromatic rings. The molecule has 0 bridgehead atoms. The van der Waals surface area contributed by atoms with Gasteiger partial charge < -0.3 is 19.5 Å². The molecule has 0 aliphatic carbocycles. The maximum Gasteiger partial charge on any atom is 0.323 e. The summed E-state index contributed by atoms with van der Waals surface area (Å²) in [5, 5.41) is 8.85. The van der Waals surface area contributed by atoms with Gasteiger partial charge in [-0.25, -0.2) is 0 Å². The molecule has 0 fully saturated rings. The summed E-state index contributed by atoms with van der Waals surface area (Å²) in [5.74, 6) is 0.960. The number of carbonyl (C=O) groups is 2. The van der Waals surface area contributed by atoms with Crippen molar-refractivity contribution in [2.24, 2.45) is 0 Å². The Kier molecular flexibility index (Phi) is 6.58. The Hall–Kier alpha value is -1.89. The molecule has 1 aromatic carbocycles. The largest absolute Gasteiger partial charge is 0.486 e. The van der Waals surface area contributed by atoms with Crippen molar-refractivity contribution in [3.63, 3.8) is 0 Å². The first-order chi connectivity index (χ1) is 11.1. The standard InChI is InChI=1S/C16H21NO5S/c1-2-6-17(11-16(19)20)15(18)5-9-23-12-3-4-13-14(10-12)22-8-7-21-13/h3-4,10H,2,5-9,11H2,1H3,(H,19,20). The third-order valence-corrected chi connectivity index (χ3v) is 4.27. The second kappa shape index (κ2) is 8.67. The van der Waals surface area contributed by atoms with E-state index in [0.29, 0.717) is 31.9 Å². The predicted molar refractivity (Wildman–Crippen MR) is 87.3 cm³/mol. The lowest BCUT2D eigenvalue weighted by Gasteiger charge is -2.20. The average molecular weight is 339 g/mol. The first-order valence-electron chi connectivity index (χ1n) is 7.62. The number of nitrogens with zero attached hydrogens (tertiary/aromatic N) is 1. The molecule has 0 aromatic heterocycles. The number of amides is 1. The lowest BCUT2D eigenvalue weighted by atomic mass is 10.3. The molecule has 0 radical (unpaired) electrons. The lowest BCUT2D eigenvalue weighted by molar-refractivity contribution is -0.144. The maximum atomic E-state index is 12.1. The van der Waals surface area contributed by atoms with Gasteiger partial charge in [0.1, 0.15) is 19.8 Å². The molecule has 1 aliphatic heterocycles. The number of rotatable bonds is 8. The Bertz CT molecular complexity index is 563. The molecular weight excluding hydrogens is 318 g/mol. The molecule has 7 heteroatoms. The molecule has 0 spiro atoms. The van der Waals surface area contributed by atoms with Crippen molar-refractivity contribution >= 4 is 23.6 Å². The van der Waals surface area contributed by atoms with Crippen LogP contribution in [0.2, 0.25) is 0 Å². The number of aliphatic carboxylic acids is 1. The summed E-state index contributed by atoms with van der Waals surface area (Å²) in [4.78, 5) is 25.3. The maximum absolute atomic E-state index is 12.1. The first-order valence-corrected chi connectivity index (χ1v) is 8.60. The molecule has 0 saturated heterocycles. The van der Waals surface area contributed by atoms with Crippen LogP contribution in [0.1, 0.15) is 19.8 Å². The van der Waals surface area contributed by atoms with E-state index in [2.05, 4.69) is 0 Å². The van der Waals surface area contributed by atoms with Crippen LogP contribution in [0.3, 0.4) is 0 Å². The van der Waals surface area contributed by atoms with Crippen LogP contribution in [-0.2, 0) is 9.59 Å². The fourth-order valence-electron chi connectivity index (χ4n) is 2.25. The quantitative estimate of drug-likeness (QED) is 0.732. The summed E-state index contributed by atoms with van der Waals surface area (Å²) in [6, 6.07) is 5.71. The minimum Gasteiger partial charge on any atom is -0.486 e. The van der Waals surface area contributed by atoms with E-state index in [0.717, 1.165) is 22.8 Å². The normalized spacial score (nSPS) is 12.7. The van der Waals surface area contributed by atoms with Gasteiger partial charge in [0.05, 0.1) is 0 Å². The van der Waals surface area contributed by atoms with E-state index in [4.69, 9.17) is 14.6 Å². The smallest absolute Gasteiger partial charge is 0.323 e. The summed E-state index contributed by atoms with van der Waals surface area (Å²) in [7, 11) is 0. The van der Waals surface area contributed by atoms with Gasteiger partial charge in [-0.15, -0.1) is 11.8 Å². The van der Waals surface area contributed by atoms with E-state index in [1.54, 1.807) is 11.8 Å². The fourth-order valence-corrected chi connectivity index (χ4v) is 3.12. The van der Waals surface area contributed by atoms with Crippen LogP contribution in [0.15, 0.2) is 23.1 Å². The Morgan fingerprint density at radius 2 is 2.00 bits per heavy atom. The van der Waals surface area contributed by atoms with Gasteiger partial charge in [-0.3, -0.25) is 9.59 Å². The lowest BCUT2D eigenvalue weighted by Crippen LogP contribution is -2.36. The topological polar surface area (TPSA) is 76.1 Å². The van der Waals surface area contributed by atoms with E-state index < -0.39 is 5.97 Å². The van der Waals surface area contributed by atoms with Crippen molar-refractivity contribution < 1.29 is 24.2 Å². The van der Waals surface area contributed by atoms with Crippen molar-refractivity contribution in [2.75, 3.05) is 32.1 Å². The van der Waals surface area contributed by atoms with E-state index in [1.165, 1.54) is 4.90 Å². The summed E-state index contributed by atoms with van der Waals surface area (Å²) >= 11 is 1.55. The number of thioether (sulfide) groups is 1. The van der Waals surface area contributed by atoms with Crippen molar-refractivity contribution in [3.05, 3.63) is 18.2 Å². The van der Waals surface area contributed by atoms with Gasteiger partial charge in [0.25, 0.3) is 0 Å². The molecule has 1 heterocycles. The van der Waals surface area contributed by atoms with Crippen molar-refractivity contribution in [1.29, 1.82) is 0 Å². The van der Waals surface area contributed by atoms with E-state index >= 15 is 0 Å². The molecule has 1 N–H and O–H groups in total. The van der Waals surface area contributed by atoms with Crippen LogP contribution in [-0.4, -0.2) is 53.9 Å². The molecule has 1 amide bonds. The number of carboxylic acids is 1. The van der Waals surface area contributed by atoms with E-state index in [1.807, 2.05) is 25.1 Å². The summed E-state index contributed by atoms with van der Waals surface area (Å²) in [6.07, 6.45) is 1.06. The number of fused-ring (bicyclic) bond motifs is 1. The van der Waals surface area contributed by atoms with Gasteiger partial charge in [-0.1, -0.05) is 6.92 Å².